The van der Waals surface area contributed by atoms with Crippen LogP contribution in [0.2, 0.25) is 0 Å². The van der Waals surface area contributed by atoms with Crippen LogP contribution in [0.15, 0.2) is 72.8 Å². The van der Waals surface area contributed by atoms with E-state index in [0.29, 0.717) is 19.5 Å². The Morgan fingerprint density at radius 3 is 2.25 bits per heavy atom. The minimum atomic E-state index is 0.0234. The summed E-state index contributed by atoms with van der Waals surface area (Å²) in [6.45, 7) is 1.30. The van der Waals surface area contributed by atoms with Crippen molar-refractivity contribution in [2.75, 3.05) is 25.7 Å². The van der Waals surface area contributed by atoms with Crippen molar-refractivity contribution in [2.24, 2.45) is 0 Å². The van der Waals surface area contributed by atoms with Gasteiger partial charge in [-0.1, -0.05) is 24.3 Å². The van der Waals surface area contributed by atoms with E-state index >= 15 is 0 Å². The predicted molar refractivity (Wildman–Crippen MR) is 125 cm³/mol. The number of hydrogen-bond acceptors (Lipinski definition) is 4. The number of benzene rings is 3. The average Bonchev–Trinajstić information content (AvgIpc) is 3.40. The normalized spacial score (nSPS) is 16.0. The molecule has 0 spiro atoms. The molecule has 2 heterocycles. The van der Waals surface area contributed by atoms with Crippen molar-refractivity contribution in [2.45, 2.75) is 18.9 Å². The van der Waals surface area contributed by atoms with Crippen LogP contribution in [0.3, 0.4) is 0 Å². The molecule has 0 radical (unpaired) electrons. The van der Waals surface area contributed by atoms with Gasteiger partial charge in [-0.3, -0.25) is 4.79 Å². The summed E-state index contributed by atoms with van der Waals surface area (Å²) in [6, 6.07) is 23.9. The van der Waals surface area contributed by atoms with Gasteiger partial charge in [0.05, 0.1) is 25.3 Å². The molecule has 1 aromatic heterocycles. The number of para-hydroxylation sites is 2. The molecule has 0 aliphatic carbocycles. The van der Waals surface area contributed by atoms with Crippen molar-refractivity contribution in [3.05, 3.63) is 84.2 Å². The lowest BCUT2D eigenvalue weighted by Gasteiger charge is -2.18. The fourth-order valence-corrected chi connectivity index (χ4v) is 4.38. The Labute approximate surface area is 187 Å². The molecule has 4 aromatic rings. The monoisotopic (exact) mass is 427 g/mol. The van der Waals surface area contributed by atoms with Crippen LogP contribution in [-0.2, 0) is 11.3 Å². The van der Waals surface area contributed by atoms with E-state index in [4.69, 9.17) is 14.5 Å². The molecule has 3 aromatic carbocycles. The predicted octanol–water partition coefficient (Wildman–Crippen LogP) is 4.62. The quantitative estimate of drug-likeness (QED) is 0.451. The number of nitrogens with zero attached hydrogens (tertiary/aromatic N) is 3. The zero-order chi connectivity index (χ0) is 22.1. The maximum atomic E-state index is 12.9. The van der Waals surface area contributed by atoms with E-state index in [0.717, 1.165) is 39.6 Å². The molecule has 1 saturated heterocycles. The summed E-state index contributed by atoms with van der Waals surface area (Å²) in [6.07, 6.45) is 0.442. The van der Waals surface area contributed by atoms with Gasteiger partial charge in [0.25, 0.3) is 0 Å². The van der Waals surface area contributed by atoms with E-state index in [1.54, 1.807) is 14.2 Å². The van der Waals surface area contributed by atoms with Gasteiger partial charge < -0.3 is 18.9 Å². The summed E-state index contributed by atoms with van der Waals surface area (Å²) in [5.41, 5.74) is 4.07. The van der Waals surface area contributed by atoms with Crippen LogP contribution in [0.5, 0.6) is 11.5 Å². The summed E-state index contributed by atoms with van der Waals surface area (Å²) in [4.78, 5) is 19.7. The largest absolute Gasteiger partial charge is 0.497 e. The fourth-order valence-electron chi connectivity index (χ4n) is 4.38. The zero-order valence-electron chi connectivity index (χ0n) is 18.2. The number of ether oxygens (including phenoxy) is 2. The van der Waals surface area contributed by atoms with Crippen LogP contribution in [0.25, 0.3) is 11.0 Å². The maximum absolute atomic E-state index is 12.9. The number of hydrogen-bond donors (Lipinski definition) is 0. The van der Waals surface area contributed by atoms with Gasteiger partial charge in [-0.2, -0.15) is 0 Å². The van der Waals surface area contributed by atoms with Crippen molar-refractivity contribution < 1.29 is 14.3 Å². The molecule has 1 aliphatic heterocycles. The highest BCUT2D eigenvalue weighted by molar-refractivity contribution is 5.96. The number of imidazole rings is 1. The van der Waals surface area contributed by atoms with Crippen LogP contribution in [0.1, 0.15) is 23.7 Å². The minimum Gasteiger partial charge on any atom is -0.497 e. The van der Waals surface area contributed by atoms with Gasteiger partial charge in [0.2, 0.25) is 5.91 Å². The molecular weight excluding hydrogens is 402 g/mol. The van der Waals surface area contributed by atoms with Gasteiger partial charge >= 0.3 is 0 Å². The van der Waals surface area contributed by atoms with E-state index in [2.05, 4.69) is 22.8 Å². The Balaban J connectivity index is 1.48. The van der Waals surface area contributed by atoms with Crippen molar-refractivity contribution in [3.8, 4) is 11.5 Å². The number of carbonyl (C=O) groups is 1. The summed E-state index contributed by atoms with van der Waals surface area (Å²) in [7, 11) is 3.31. The Hall–Kier alpha value is -3.80. The first-order valence-electron chi connectivity index (χ1n) is 10.7. The third-order valence-corrected chi connectivity index (χ3v) is 6.06. The first-order valence-corrected chi connectivity index (χ1v) is 10.7. The molecule has 0 saturated carbocycles. The van der Waals surface area contributed by atoms with Crippen molar-refractivity contribution >= 4 is 22.6 Å². The van der Waals surface area contributed by atoms with Crippen LogP contribution in [-0.4, -0.2) is 36.2 Å². The molecule has 6 heteroatoms. The Morgan fingerprint density at radius 1 is 0.906 bits per heavy atom. The highest BCUT2D eigenvalue weighted by Crippen LogP contribution is 2.34. The van der Waals surface area contributed by atoms with Gasteiger partial charge in [-0.15, -0.1) is 0 Å². The molecule has 6 nitrogen and oxygen atoms in total. The molecule has 1 amide bonds. The Bertz CT molecular complexity index is 1250. The summed E-state index contributed by atoms with van der Waals surface area (Å²) in [5.74, 6) is 2.70. The standard InChI is InChI=1S/C26H25N3O3/c1-31-21-11-7-18(8-12-21)16-29-24-6-4-3-5-23(24)27-26(29)19-15-25(30)28(17-19)20-9-13-22(32-2)14-10-20/h3-14,19H,15-17H2,1-2H3. The lowest BCUT2D eigenvalue weighted by Crippen LogP contribution is -2.24. The summed E-state index contributed by atoms with van der Waals surface area (Å²) in [5, 5.41) is 0. The number of aromatic nitrogens is 2. The Morgan fingerprint density at radius 2 is 1.56 bits per heavy atom. The number of fused-ring (bicyclic) bond motifs is 1. The Kier molecular flexibility index (Phi) is 5.27. The third-order valence-electron chi connectivity index (χ3n) is 6.06. The molecular formula is C26H25N3O3. The van der Waals surface area contributed by atoms with E-state index < -0.39 is 0 Å². The maximum Gasteiger partial charge on any atom is 0.227 e. The summed E-state index contributed by atoms with van der Waals surface area (Å²) < 4.78 is 12.8. The third kappa shape index (κ3) is 3.68. The van der Waals surface area contributed by atoms with E-state index in [1.807, 2.05) is 59.5 Å². The van der Waals surface area contributed by atoms with Gasteiger partial charge in [0.1, 0.15) is 17.3 Å². The lowest BCUT2D eigenvalue weighted by atomic mass is 10.1. The molecule has 162 valence electrons. The van der Waals surface area contributed by atoms with Crippen LogP contribution in [0, 0.1) is 0 Å². The molecule has 32 heavy (non-hydrogen) atoms. The molecule has 5 rings (SSSR count). The highest BCUT2D eigenvalue weighted by atomic mass is 16.5. The molecule has 1 atom stereocenters. The lowest BCUT2D eigenvalue weighted by molar-refractivity contribution is -0.117. The van der Waals surface area contributed by atoms with Gasteiger partial charge in [-0.05, 0) is 54.1 Å². The van der Waals surface area contributed by atoms with E-state index in [-0.39, 0.29) is 11.8 Å². The first kappa shape index (κ1) is 20.1. The number of anilines is 1. The van der Waals surface area contributed by atoms with Gasteiger partial charge in [-0.25, -0.2) is 4.98 Å². The van der Waals surface area contributed by atoms with Gasteiger partial charge in [0.15, 0.2) is 0 Å². The second-order valence-corrected chi connectivity index (χ2v) is 8.00. The first-order chi connectivity index (χ1) is 15.7. The molecule has 1 aliphatic rings. The van der Waals surface area contributed by atoms with E-state index in [1.165, 1.54) is 0 Å². The fraction of sp³-hybridized carbons (Fsp3) is 0.231. The van der Waals surface area contributed by atoms with Crippen LogP contribution in [0.4, 0.5) is 5.69 Å². The topological polar surface area (TPSA) is 56.6 Å². The molecule has 1 unspecified atom stereocenters. The average molecular weight is 428 g/mol. The van der Waals surface area contributed by atoms with Crippen molar-refractivity contribution in [3.63, 3.8) is 0 Å². The second kappa shape index (κ2) is 8.38. The minimum absolute atomic E-state index is 0.0234. The van der Waals surface area contributed by atoms with Crippen molar-refractivity contribution in [1.82, 2.24) is 9.55 Å². The van der Waals surface area contributed by atoms with Crippen molar-refractivity contribution in [1.29, 1.82) is 0 Å². The van der Waals surface area contributed by atoms with Crippen LogP contribution >= 0.6 is 0 Å². The summed E-state index contributed by atoms with van der Waals surface area (Å²) >= 11 is 0. The molecule has 1 fully saturated rings. The second-order valence-electron chi connectivity index (χ2n) is 8.00. The SMILES string of the molecule is COc1ccc(Cn2c(C3CC(=O)N(c4ccc(OC)cc4)C3)nc3ccccc32)cc1. The van der Waals surface area contributed by atoms with Crippen LogP contribution < -0.4 is 14.4 Å². The van der Waals surface area contributed by atoms with Gasteiger partial charge in [0, 0.05) is 31.1 Å². The smallest absolute Gasteiger partial charge is 0.227 e. The number of rotatable bonds is 6. The van der Waals surface area contributed by atoms with E-state index in [9.17, 15) is 4.79 Å². The highest BCUT2D eigenvalue weighted by Gasteiger charge is 2.34. The molecule has 0 bridgehead atoms. The zero-order valence-corrected chi connectivity index (χ0v) is 18.2. The molecule has 0 N–H and O–H groups in total. The number of carbonyl (C=O) groups excluding carboxylic acids is 1. The number of amides is 1. The number of methoxy groups -OCH3 is 2.